The number of piperidine rings is 1. The van der Waals surface area contributed by atoms with Gasteiger partial charge in [0, 0.05) is 29.7 Å². The zero-order chi connectivity index (χ0) is 17.2. The molecule has 130 valence electrons. The van der Waals surface area contributed by atoms with Gasteiger partial charge in [-0.15, -0.1) is 11.3 Å². The van der Waals surface area contributed by atoms with Gasteiger partial charge in [0.25, 0.3) is 0 Å². The molecule has 1 saturated heterocycles. The maximum absolute atomic E-state index is 4.78. The number of nitrogens with one attached hydrogen (secondary N) is 1. The summed E-state index contributed by atoms with van der Waals surface area (Å²) in [5, 5.41) is 4.14. The molecule has 0 unspecified atom stereocenters. The van der Waals surface area contributed by atoms with E-state index >= 15 is 0 Å². The summed E-state index contributed by atoms with van der Waals surface area (Å²) in [7, 11) is 0. The minimum Gasteiger partial charge on any atom is -0.315 e. The zero-order valence-electron chi connectivity index (χ0n) is 15.0. The van der Waals surface area contributed by atoms with Crippen LogP contribution in [0.25, 0.3) is 0 Å². The minimum atomic E-state index is 0.363. The predicted octanol–water partition coefficient (Wildman–Crippen LogP) is 4.21. The van der Waals surface area contributed by atoms with E-state index in [9.17, 15) is 0 Å². The summed E-state index contributed by atoms with van der Waals surface area (Å²) in [5.74, 6) is 1.30. The Morgan fingerprint density at radius 3 is 2.58 bits per heavy atom. The Bertz CT molecular complexity index is 668. The lowest BCUT2D eigenvalue weighted by Crippen LogP contribution is -2.38. The molecule has 0 aromatic carbocycles. The number of rotatable bonds is 4. The van der Waals surface area contributed by atoms with Crippen LogP contribution in [0, 0.1) is 12.3 Å². The van der Waals surface area contributed by atoms with Crippen LogP contribution in [0.2, 0.25) is 0 Å². The van der Waals surface area contributed by atoms with E-state index in [1.165, 1.54) is 4.88 Å². The summed E-state index contributed by atoms with van der Waals surface area (Å²) in [6, 6.07) is 0. The van der Waals surface area contributed by atoms with Crippen LogP contribution >= 0.6 is 11.3 Å². The van der Waals surface area contributed by atoms with Crippen molar-refractivity contribution < 1.29 is 0 Å². The average Bonchev–Trinajstić information content (AvgIpc) is 2.92. The SMILES string of the molecule is Cc1cnc(Nc2cncc(C3CCN(CC(C)(C)C)CC3)n2)s1. The highest BCUT2D eigenvalue weighted by molar-refractivity contribution is 7.15. The van der Waals surface area contributed by atoms with E-state index in [2.05, 4.69) is 47.9 Å². The molecule has 0 atom stereocenters. The molecule has 0 bridgehead atoms. The van der Waals surface area contributed by atoms with Crippen LogP contribution in [-0.2, 0) is 0 Å². The van der Waals surface area contributed by atoms with E-state index in [1.807, 2.05) is 12.4 Å². The lowest BCUT2D eigenvalue weighted by molar-refractivity contribution is 0.153. The number of hydrogen-bond donors (Lipinski definition) is 1. The topological polar surface area (TPSA) is 53.9 Å². The van der Waals surface area contributed by atoms with Crippen molar-refractivity contribution in [3.63, 3.8) is 0 Å². The number of nitrogens with zero attached hydrogens (tertiary/aromatic N) is 4. The van der Waals surface area contributed by atoms with Crippen molar-refractivity contribution in [1.29, 1.82) is 0 Å². The molecule has 2 aromatic rings. The number of aryl methyl sites for hydroxylation is 1. The fourth-order valence-electron chi connectivity index (χ4n) is 3.22. The molecule has 0 spiro atoms. The standard InChI is InChI=1S/C18H27N5S/c1-13-9-20-17(24-13)22-16-11-19-10-15(21-16)14-5-7-23(8-6-14)12-18(2,3)4/h9-11,14H,5-8,12H2,1-4H3,(H,20,21,22). The molecular formula is C18H27N5S. The van der Waals surface area contributed by atoms with Gasteiger partial charge in [0.2, 0.25) is 0 Å². The van der Waals surface area contributed by atoms with Gasteiger partial charge in [0.15, 0.2) is 10.9 Å². The molecule has 3 rings (SSSR count). The van der Waals surface area contributed by atoms with E-state index in [-0.39, 0.29) is 0 Å². The molecule has 1 fully saturated rings. The first kappa shape index (κ1) is 17.3. The van der Waals surface area contributed by atoms with Crippen LogP contribution in [0.15, 0.2) is 18.6 Å². The summed E-state index contributed by atoms with van der Waals surface area (Å²) in [5.41, 5.74) is 1.46. The Labute approximate surface area is 148 Å². The third kappa shape index (κ3) is 4.74. The van der Waals surface area contributed by atoms with Crippen molar-refractivity contribution in [3.8, 4) is 0 Å². The van der Waals surface area contributed by atoms with Crippen molar-refractivity contribution in [1.82, 2.24) is 19.9 Å². The Morgan fingerprint density at radius 1 is 1.21 bits per heavy atom. The van der Waals surface area contributed by atoms with Gasteiger partial charge in [0.1, 0.15) is 0 Å². The van der Waals surface area contributed by atoms with Gasteiger partial charge in [-0.05, 0) is 38.3 Å². The van der Waals surface area contributed by atoms with Crippen molar-refractivity contribution >= 4 is 22.3 Å². The lowest BCUT2D eigenvalue weighted by Gasteiger charge is -2.35. The third-order valence-electron chi connectivity index (χ3n) is 4.21. The summed E-state index contributed by atoms with van der Waals surface area (Å²) in [6.45, 7) is 12.4. The second-order valence-corrected chi connectivity index (χ2v) is 9.08. The van der Waals surface area contributed by atoms with Gasteiger partial charge in [0.05, 0.1) is 11.9 Å². The van der Waals surface area contributed by atoms with Crippen molar-refractivity contribution in [2.24, 2.45) is 5.41 Å². The minimum absolute atomic E-state index is 0.363. The number of thiazole rings is 1. The Morgan fingerprint density at radius 2 is 1.96 bits per heavy atom. The first-order chi connectivity index (χ1) is 11.4. The summed E-state index contributed by atoms with van der Waals surface area (Å²) in [4.78, 5) is 17.2. The van der Waals surface area contributed by atoms with E-state index < -0.39 is 0 Å². The van der Waals surface area contributed by atoms with Gasteiger partial charge in [-0.25, -0.2) is 9.97 Å². The highest BCUT2D eigenvalue weighted by Gasteiger charge is 2.24. The Kier molecular flexibility index (Phi) is 5.15. The van der Waals surface area contributed by atoms with Crippen LogP contribution < -0.4 is 5.32 Å². The van der Waals surface area contributed by atoms with Gasteiger partial charge < -0.3 is 10.2 Å². The summed E-state index contributed by atoms with van der Waals surface area (Å²) < 4.78 is 0. The monoisotopic (exact) mass is 345 g/mol. The zero-order valence-corrected chi connectivity index (χ0v) is 15.9. The van der Waals surface area contributed by atoms with Gasteiger partial charge >= 0.3 is 0 Å². The fourth-order valence-corrected chi connectivity index (χ4v) is 3.89. The van der Waals surface area contributed by atoms with E-state index in [1.54, 1.807) is 17.5 Å². The molecule has 0 aliphatic carbocycles. The fraction of sp³-hybridized carbons (Fsp3) is 0.611. The number of aromatic nitrogens is 3. The maximum atomic E-state index is 4.78. The normalized spacial score (nSPS) is 17.2. The van der Waals surface area contributed by atoms with Crippen LogP contribution in [0.4, 0.5) is 10.9 Å². The Hall–Kier alpha value is -1.53. The van der Waals surface area contributed by atoms with E-state index in [0.29, 0.717) is 11.3 Å². The largest absolute Gasteiger partial charge is 0.315 e. The maximum Gasteiger partial charge on any atom is 0.188 e. The number of hydrogen-bond acceptors (Lipinski definition) is 6. The molecule has 6 heteroatoms. The first-order valence-corrected chi connectivity index (χ1v) is 9.44. The second kappa shape index (κ2) is 7.15. The second-order valence-electron chi connectivity index (χ2n) is 7.84. The highest BCUT2D eigenvalue weighted by Crippen LogP contribution is 2.29. The number of likely N-dealkylation sites (tertiary alicyclic amines) is 1. The molecular weight excluding hydrogens is 318 g/mol. The third-order valence-corrected chi connectivity index (χ3v) is 5.04. The highest BCUT2D eigenvalue weighted by atomic mass is 32.1. The lowest BCUT2D eigenvalue weighted by atomic mass is 9.90. The van der Waals surface area contributed by atoms with Gasteiger partial charge in [-0.2, -0.15) is 0 Å². The van der Waals surface area contributed by atoms with Crippen LogP contribution in [0.5, 0.6) is 0 Å². The van der Waals surface area contributed by atoms with E-state index in [4.69, 9.17) is 4.98 Å². The molecule has 2 aromatic heterocycles. The molecule has 0 radical (unpaired) electrons. The quantitative estimate of drug-likeness (QED) is 0.899. The van der Waals surface area contributed by atoms with Crippen molar-refractivity contribution in [2.75, 3.05) is 25.0 Å². The van der Waals surface area contributed by atoms with Crippen LogP contribution in [0.1, 0.15) is 50.1 Å². The molecule has 3 heterocycles. The molecule has 1 N–H and O–H groups in total. The van der Waals surface area contributed by atoms with Gasteiger partial charge in [-0.1, -0.05) is 20.8 Å². The van der Waals surface area contributed by atoms with Crippen molar-refractivity contribution in [3.05, 3.63) is 29.2 Å². The molecule has 5 nitrogen and oxygen atoms in total. The van der Waals surface area contributed by atoms with E-state index in [0.717, 1.165) is 49.1 Å². The molecule has 0 saturated carbocycles. The number of anilines is 2. The van der Waals surface area contributed by atoms with Gasteiger partial charge in [-0.3, -0.25) is 4.98 Å². The molecule has 0 amide bonds. The van der Waals surface area contributed by atoms with Crippen LogP contribution in [0.3, 0.4) is 0 Å². The first-order valence-electron chi connectivity index (χ1n) is 8.63. The predicted molar refractivity (Wildman–Crippen MR) is 100 cm³/mol. The summed E-state index contributed by atoms with van der Waals surface area (Å²) >= 11 is 1.63. The molecule has 1 aliphatic rings. The van der Waals surface area contributed by atoms with Crippen molar-refractivity contribution in [2.45, 2.75) is 46.5 Å². The molecule has 1 aliphatic heterocycles. The molecule has 24 heavy (non-hydrogen) atoms. The summed E-state index contributed by atoms with van der Waals surface area (Å²) in [6.07, 6.45) is 7.88. The smallest absolute Gasteiger partial charge is 0.188 e. The average molecular weight is 346 g/mol. The Balaban J connectivity index is 1.61. The van der Waals surface area contributed by atoms with Crippen LogP contribution in [-0.4, -0.2) is 39.5 Å².